The largest absolute Gasteiger partial charge is 0.396 e. The standard InChI is InChI=1S/C12H16BrN3O/c13-9-1-2-10(12(14)15)11(5-9)16-4-3-8(6-16)7-17/h1-2,5,8,17H,3-4,6-7H2,(H3,14,15). The van der Waals surface area contributed by atoms with Gasteiger partial charge in [-0.05, 0) is 24.6 Å². The van der Waals surface area contributed by atoms with Crippen LogP contribution in [0.4, 0.5) is 5.69 Å². The summed E-state index contributed by atoms with van der Waals surface area (Å²) in [7, 11) is 0. The van der Waals surface area contributed by atoms with Gasteiger partial charge in [-0.1, -0.05) is 15.9 Å². The van der Waals surface area contributed by atoms with Gasteiger partial charge < -0.3 is 15.7 Å². The lowest BCUT2D eigenvalue weighted by atomic mass is 10.1. The fraction of sp³-hybridized carbons (Fsp3) is 0.417. The molecule has 0 aliphatic carbocycles. The number of hydrogen-bond acceptors (Lipinski definition) is 3. The molecule has 0 radical (unpaired) electrons. The van der Waals surface area contributed by atoms with Crippen molar-refractivity contribution in [2.24, 2.45) is 11.7 Å². The maximum absolute atomic E-state index is 9.16. The van der Waals surface area contributed by atoms with Crippen LogP contribution in [0, 0.1) is 11.3 Å². The minimum absolute atomic E-state index is 0.0833. The van der Waals surface area contributed by atoms with Gasteiger partial charge in [-0.25, -0.2) is 0 Å². The summed E-state index contributed by atoms with van der Waals surface area (Å²) in [6.45, 7) is 1.95. The van der Waals surface area contributed by atoms with Gasteiger partial charge in [-0.3, -0.25) is 5.41 Å². The summed E-state index contributed by atoms with van der Waals surface area (Å²) in [6.07, 6.45) is 0.986. The molecule has 0 saturated carbocycles. The van der Waals surface area contributed by atoms with E-state index in [2.05, 4.69) is 20.8 Å². The lowest BCUT2D eigenvalue weighted by Gasteiger charge is -2.21. The van der Waals surface area contributed by atoms with E-state index in [1.165, 1.54) is 0 Å². The van der Waals surface area contributed by atoms with Gasteiger partial charge in [0.1, 0.15) is 5.84 Å². The lowest BCUT2D eigenvalue weighted by Crippen LogP contribution is -2.24. The van der Waals surface area contributed by atoms with E-state index in [0.717, 1.165) is 35.2 Å². The van der Waals surface area contributed by atoms with Crippen LogP contribution in [0.5, 0.6) is 0 Å². The molecule has 1 aliphatic rings. The Morgan fingerprint density at radius 1 is 1.59 bits per heavy atom. The van der Waals surface area contributed by atoms with Gasteiger partial charge in [0.05, 0.1) is 0 Å². The van der Waals surface area contributed by atoms with E-state index in [-0.39, 0.29) is 12.4 Å². The highest BCUT2D eigenvalue weighted by Crippen LogP contribution is 2.29. The van der Waals surface area contributed by atoms with E-state index >= 15 is 0 Å². The zero-order chi connectivity index (χ0) is 12.4. The number of amidine groups is 1. The number of nitrogens with one attached hydrogen (secondary N) is 1. The quantitative estimate of drug-likeness (QED) is 0.585. The first-order valence-electron chi connectivity index (χ1n) is 5.61. The molecule has 1 saturated heterocycles. The van der Waals surface area contributed by atoms with Crippen molar-refractivity contribution in [2.45, 2.75) is 6.42 Å². The van der Waals surface area contributed by atoms with Crippen LogP contribution in [0.15, 0.2) is 22.7 Å². The second kappa shape index (κ2) is 5.06. The third-order valence-corrected chi connectivity index (χ3v) is 3.63. The van der Waals surface area contributed by atoms with Crippen LogP contribution in [-0.2, 0) is 0 Å². The SMILES string of the molecule is N=C(N)c1ccc(Br)cc1N1CCC(CO)C1. The summed E-state index contributed by atoms with van der Waals surface area (Å²) in [6, 6.07) is 5.73. The molecule has 92 valence electrons. The van der Waals surface area contributed by atoms with Crippen LogP contribution in [0.25, 0.3) is 0 Å². The average molecular weight is 298 g/mol. The Labute approximate surface area is 109 Å². The van der Waals surface area contributed by atoms with Gasteiger partial charge in [-0.15, -0.1) is 0 Å². The molecule has 2 rings (SSSR count). The predicted molar refractivity (Wildman–Crippen MR) is 72.6 cm³/mol. The summed E-state index contributed by atoms with van der Waals surface area (Å²) < 4.78 is 0.977. The molecule has 0 aromatic heterocycles. The summed E-state index contributed by atoms with van der Waals surface area (Å²) in [5, 5.41) is 16.8. The minimum Gasteiger partial charge on any atom is -0.396 e. The fourth-order valence-electron chi connectivity index (χ4n) is 2.19. The van der Waals surface area contributed by atoms with Gasteiger partial charge in [0, 0.05) is 41.3 Å². The fourth-order valence-corrected chi connectivity index (χ4v) is 2.54. The van der Waals surface area contributed by atoms with Crippen molar-refractivity contribution >= 4 is 27.5 Å². The summed E-state index contributed by atoms with van der Waals surface area (Å²) >= 11 is 3.44. The Hall–Kier alpha value is -1.07. The first kappa shape index (κ1) is 12.4. The van der Waals surface area contributed by atoms with E-state index in [9.17, 15) is 0 Å². The molecule has 1 aliphatic heterocycles. The van der Waals surface area contributed by atoms with Crippen molar-refractivity contribution in [3.63, 3.8) is 0 Å². The Morgan fingerprint density at radius 2 is 2.35 bits per heavy atom. The van der Waals surface area contributed by atoms with Gasteiger partial charge >= 0.3 is 0 Å². The zero-order valence-corrected chi connectivity index (χ0v) is 11.1. The van der Waals surface area contributed by atoms with Crippen molar-refractivity contribution in [3.05, 3.63) is 28.2 Å². The van der Waals surface area contributed by atoms with E-state index in [0.29, 0.717) is 5.92 Å². The Balaban J connectivity index is 2.31. The van der Waals surface area contributed by atoms with Crippen molar-refractivity contribution in [3.8, 4) is 0 Å². The molecular weight excluding hydrogens is 282 g/mol. The van der Waals surface area contributed by atoms with E-state index in [1.807, 2.05) is 18.2 Å². The Kier molecular flexibility index (Phi) is 3.69. The molecule has 1 heterocycles. The molecule has 4 N–H and O–H groups in total. The van der Waals surface area contributed by atoms with Crippen LogP contribution in [0.2, 0.25) is 0 Å². The van der Waals surface area contributed by atoms with Crippen LogP contribution in [0.1, 0.15) is 12.0 Å². The zero-order valence-electron chi connectivity index (χ0n) is 9.49. The summed E-state index contributed by atoms with van der Waals surface area (Å²) in [5.41, 5.74) is 7.32. The number of nitrogen functional groups attached to an aromatic ring is 1. The smallest absolute Gasteiger partial charge is 0.124 e. The number of hydrogen-bond donors (Lipinski definition) is 3. The number of anilines is 1. The number of halogens is 1. The number of aliphatic hydroxyl groups is 1. The lowest BCUT2D eigenvalue weighted by molar-refractivity contribution is 0.238. The number of benzene rings is 1. The molecule has 1 atom stereocenters. The molecule has 1 unspecified atom stereocenters. The Morgan fingerprint density at radius 3 is 2.94 bits per heavy atom. The maximum Gasteiger partial charge on any atom is 0.124 e. The third kappa shape index (κ3) is 2.61. The van der Waals surface area contributed by atoms with Crippen LogP contribution >= 0.6 is 15.9 Å². The number of nitrogens with zero attached hydrogens (tertiary/aromatic N) is 1. The highest BCUT2D eigenvalue weighted by molar-refractivity contribution is 9.10. The van der Waals surface area contributed by atoms with E-state index in [4.69, 9.17) is 16.2 Å². The molecule has 4 nitrogen and oxygen atoms in total. The van der Waals surface area contributed by atoms with Crippen LogP contribution < -0.4 is 10.6 Å². The van der Waals surface area contributed by atoms with Crippen molar-refractivity contribution in [2.75, 3.05) is 24.6 Å². The molecule has 17 heavy (non-hydrogen) atoms. The maximum atomic E-state index is 9.16. The second-order valence-corrected chi connectivity index (χ2v) is 5.27. The van der Waals surface area contributed by atoms with E-state index < -0.39 is 0 Å². The van der Waals surface area contributed by atoms with Crippen LogP contribution in [-0.4, -0.2) is 30.6 Å². The van der Waals surface area contributed by atoms with Crippen molar-refractivity contribution in [1.29, 1.82) is 5.41 Å². The molecule has 0 amide bonds. The molecule has 1 aromatic carbocycles. The van der Waals surface area contributed by atoms with E-state index in [1.54, 1.807) is 0 Å². The predicted octanol–water partition coefficient (Wildman–Crippen LogP) is 1.55. The molecule has 5 heteroatoms. The molecular formula is C12H16BrN3O. The average Bonchev–Trinajstić information content (AvgIpc) is 2.76. The Bertz CT molecular complexity index is 436. The first-order chi connectivity index (χ1) is 8.11. The molecule has 0 bridgehead atoms. The van der Waals surface area contributed by atoms with Gasteiger partial charge in [0.15, 0.2) is 0 Å². The van der Waals surface area contributed by atoms with Gasteiger partial charge in [-0.2, -0.15) is 0 Å². The first-order valence-corrected chi connectivity index (χ1v) is 6.41. The highest BCUT2D eigenvalue weighted by atomic mass is 79.9. The normalized spacial score (nSPS) is 19.6. The second-order valence-electron chi connectivity index (χ2n) is 4.36. The van der Waals surface area contributed by atoms with Crippen molar-refractivity contribution < 1.29 is 5.11 Å². The monoisotopic (exact) mass is 297 g/mol. The third-order valence-electron chi connectivity index (χ3n) is 3.13. The highest BCUT2D eigenvalue weighted by Gasteiger charge is 2.24. The number of aliphatic hydroxyl groups excluding tert-OH is 1. The summed E-state index contributed by atoms with van der Waals surface area (Å²) in [4.78, 5) is 2.18. The van der Waals surface area contributed by atoms with Crippen molar-refractivity contribution in [1.82, 2.24) is 0 Å². The van der Waals surface area contributed by atoms with Gasteiger partial charge in [0.2, 0.25) is 0 Å². The van der Waals surface area contributed by atoms with Crippen LogP contribution in [0.3, 0.4) is 0 Å². The molecule has 1 fully saturated rings. The minimum atomic E-state index is 0.0833. The van der Waals surface area contributed by atoms with Gasteiger partial charge in [0.25, 0.3) is 0 Å². The topological polar surface area (TPSA) is 73.3 Å². The number of rotatable bonds is 3. The molecule has 1 aromatic rings. The number of nitrogens with two attached hydrogens (primary N) is 1. The molecule has 0 spiro atoms. The summed E-state index contributed by atoms with van der Waals surface area (Å²) in [5.74, 6) is 0.411.